The van der Waals surface area contributed by atoms with Crippen LogP contribution in [0.25, 0.3) is 10.2 Å². The molecule has 4 nitrogen and oxygen atoms in total. The van der Waals surface area contributed by atoms with Crippen molar-refractivity contribution in [2.24, 2.45) is 0 Å². The molecule has 0 aliphatic rings. The molecular weight excluding hydrogens is 378 g/mol. The van der Waals surface area contributed by atoms with E-state index in [0.717, 1.165) is 39.4 Å². The van der Waals surface area contributed by atoms with Crippen molar-refractivity contribution < 1.29 is 4.79 Å². The minimum Gasteiger partial charge on any atom is -0.309 e. The molecule has 6 heteroatoms. The van der Waals surface area contributed by atoms with Crippen LogP contribution >= 0.6 is 22.9 Å². The van der Waals surface area contributed by atoms with E-state index in [1.165, 1.54) is 11.3 Å². The van der Waals surface area contributed by atoms with E-state index in [1.807, 2.05) is 62.3 Å². The molecule has 1 heterocycles. The van der Waals surface area contributed by atoms with Gasteiger partial charge in [0, 0.05) is 6.54 Å². The Labute approximate surface area is 169 Å². The number of carbonyl (C=O) groups excluding carboxylic acids is 1. The highest BCUT2D eigenvalue weighted by Crippen LogP contribution is 2.33. The van der Waals surface area contributed by atoms with Gasteiger partial charge in [0.2, 0.25) is 5.91 Å². The predicted molar refractivity (Wildman–Crippen MR) is 115 cm³/mol. The molecule has 0 atom stereocenters. The number of hydrogen-bond donors (Lipinski definition) is 0. The highest BCUT2D eigenvalue weighted by molar-refractivity contribution is 7.22. The molecular formula is C21H24ClN3OS. The number of nitrogens with zero attached hydrogens (tertiary/aromatic N) is 3. The number of fused-ring (bicyclic) bond motifs is 1. The number of hydrogen-bond acceptors (Lipinski definition) is 4. The number of carbonyl (C=O) groups is 1. The Kier molecular flexibility index (Phi) is 6.47. The van der Waals surface area contributed by atoms with Crippen LogP contribution in [0.15, 0.2) is 42.5 Å². The SMILES string of the molecule is Cc1cccc(CC(=O)N(CCCN(C)C)c2nc3c(Cl)cccc3s2)c1. The number of benzene rings is 2. The summed E-state index contributed by atoms with van der Waals surface area (Å²) >= 11 is 7.80. The van der Waals surface area contributed by atoms with Crippen molar-refractivity contribution in [3.63, 3.8) is 0 Å². The summed E-state index contributed by atoms with van der Waals surface area (Å²) in [5.74, 6) is 0.0644. The number of anilines is 1. The van der Waals surface area contributed by atoms with E-state index in [-0.39, 0.29) is 5.91 Å². The lowest BCUT2D eigenvalue weighted by molar-refractivity contribution is -0.118. The van der Waals surface area contributed by atoms with Crippen molar-refractivity contribution in [2.75, 3.05) is 32.1 Å². The molecule has 0 fully saturated rings. The maximum Gasteiger partial charge on any atom is 0.233 e. The zero-order chi connectivity index (χ0) is 19.4. The molecule has 0 saturated heterocycles. The van der Waals surface area contributed by atoms with Gasteiger partial charge < -0.3 is 4.90 Å². The molecule has 2 aromatic carbocycles. The van der Waals surface area contributed by atoms with E-state index < -0.39 is 0 Å². The molecule has 3 rings (SSSR count). The van der Waals surface area contributed by atoms with Crippen LogP contribution in [0.4, 0.5) is 5.13 Å². The summed E-state index contributed by atoms with van der Waals surface area (Å²) in [7, 11) is 4.08. The van der Waals surface area contributed by atoms with Crippen LogP contribution in [0.2, 0.25) is 5.02 Å². The van der Waals surface area contributed by atoms with Gasteiger partial charge in [-0.3, -0.25) is 9.69 Å². The van der Waals surface area contributed by atoms with E-state index in [0.29, 0.717) is 18.0 Å². The summed E-state index contributed by atoms with van der Waals surface area (Å²) in [6.07, 6.45) is 1.25. The molecule has 3 aromatic rings. The zero-order valence-corrected chi connectivity index (χ0v) is 17.5. The van der Waals surface area contributed by atoms with Crippen molar-refractivity contribution in [3.8, 4) is 0 Å². The van der Waals surface area contributed by atoms with Gasteiger partial charge in [0.1, 0.15) is 5.52 Å². The van der Waals surface area contributed by atoms with Crippen LogP contribution in [0.5, 0.6) is 0 Å². The average molecular weight is 402 g/mol. The van der Waals surface area contributed by atoms with Gasteiger partial charge in [0.25, 0.3) is 0 Å². The van der Waals surface area contributed by atoms with E-state index in [9.17, 15) is 4.79 Å². The lowest BCUT2D eigenvalue weighted by atomic mass is 10.1. The molecule has 0 radical (unpaired) electrons. The molecule has 0 bridgehead atoms. The Morgan fingerprint density at radius 1 is 1.15 bits per heavy atom. The van der Waals surface area contributed by atoms with Crippen LogP contribution < -0.4 is 4.90 Å². The first-order valence-electron chi connectivity index (χ1n) is 9.00. The number of aromatic nitrogens is 1. The van der Waals surface area contributed by atoms with Gasteiger partial charge >= 0.3 is 0 Å². The van der Waals surface area contributed by atoms with Gasteiger partial charge in [-0.1, -0.05) is 58.8 Å². The van der Waals surface area contributed by atoms with Gasteiger partial charge in [-0.15, -0.1) is 0 Å². The Morgan fingerprint density at radius 2 is 1.93 bits per heavy atom. The van der Waals surface area contributed by atoms with Crippen molar-refractivity contribution in [3.05, 3.63) is 58.6 Å². The number of thiazole rings is 1. The summed E-state index contributed by atoms with van der Waals surface area (Å²) in [6.45, 7) is 3.60. The van der Waals surface area contributed by atoms with Crippen molar-refractivity contribution in [1.29, 1.82) is 0 Å². The quantitative estimate of drug-likeness (QED) is 0.571. The zero-order valence-electron chi connectivity index (χ0n) is 15.9. The van der Waals surface area contributed by atoms with Crippen LogP contribution in [0.1, 0.15) is 17.5 Å². The van der Waals surface area contributed by atoms with E-state index in [4.69, 9.17) is 11.6 Å². The summed E-state index contributed by atoms with van der Waals surface area (Å²) in [5, 5.41) is 1.34. The first-order chi connectivity index (χ1) is 12.9. The summed E-state index contributed by atoms with van der Waals surface area (Å²) in [4.78, 5) is 21.7. The maximum absolute atomic E-state index is 13.1. The first-order valence-corrected chi connectivity index (χ1v) is 10.2. The molecule has 0 aliphatic heterocycles. The van der Waals surface area contributed by atoms with Gasteiger partial charge in [-0.2, -0.15) is 0 Å². The standard InChI is InChI=1S/C21H24ClN3OS/c1-15-7-4-8-16(13-15)14-19(26)25(12-6-11-24(2)3)21-23-20-17(22)9-5-10-18(20)27-21/h4-5,7-10,13H,6,11-12,14H2,1-3H3. The Balaban J connectivity index is 1.86. The molecule has 1 amide bonds. The van der Waals surface area contributed by atoms with Gasteiger partial charge in [-0.25, -0.2) is 4.98 Å². The monoisotopic (exact) mass is 401 g/mol. The van der Waals surface area contributed by atoms with Gasteiger partial charge in [0.05, 0.1) is 16.1 Å². The minimum atomic E-state index is 0.0644. The second-order valence-corrected chi connectivity index (χ2v) is 8.37. The topological polar surface area (TPSA) is 36.4 Å². The lowest BCUT2D eigenvalue weighted by Crippen LogP contribution is -2.34. The number of halogens is 1. The molecule has 142 valence electrons. The van der Waals surface area contributed by atoms with Crippen molar-refractivity contribution >= 4 is 44.2 Å². The molecule has 0 spiro atoms. The van der Waals surface area contributed by atoms with Crippen LogP contribution in [-0.4, -0.2) is 43.0 Å². The third-order valence-electron chi connectivity index (χ3n) is 4.32. The van der Waals surface area contributed by atoms with Crippen LogP contribution in [0.3, 0.4) is 0 Å². The van der Waals surface area contributed by atoms with E-state index >= 15 is 0 Å². The molecule has 27 heavy (non-hydrogen) atoms. The molecule has 0 unspecified atom stereocenters. The Morgan fingerprint density at radius 3 is 2.63 bits per heavy atom. The normalized spacial score (nSPS) is 11.3. The molecule has 1 aromatic heterocycles. The third-order valence-corrected chi connectivity index (χ3v) is 5.66. The highest BCUT2D eigenvalue weighted by Gasteiger charge is 2.20. The fraction of sp³-hybridized carbons (Fsp3) is 0.333. The summed E-state index contributed by atoms with van der Waals surface area (Å²) in [5.41, 5.74) is 2.95. The van der Waals surface area contributed by atoms with E-state index in [1.54, 1.807) is 0 Å². The summed E-state index contributed by atoms with van der Waals surface area (Å²) < 4.78 is 0.999. The number of amides is 1. The maximum atomic E-state index is 13.1. The highest BCUT2D eigenvalue weighted by atomic mass is 35.5. The smallest absolute Gasteiger partial charge is 0.233 e. The first kappa shape index (κ1) is 19.8. The third kappa shape index (κ3) is 5.06. The van der Waals surface area contributed by atoms with Crippen molar-refractivity contribution in [2.45, 2.75) is 19.8 Å². The fourth-order valence-electron chi connectivity index (χ4n) is 2.98. The molecule has 0 N–H and O–H groups in total. The second kappa shape index (κ2) is 8.83. The molecule has 0 aliphatic carbocycles. The number of rotatable bonds is 7. The van der Waals surface area contributed by atoms with E-state index in [2.05, 4.69) is 16.0 Å². The number of para-hydroxylation sites is 1. The lowest BCUT2D eigenvalue weighted by Gasteiger charge is -2.21. The molecule has 0 saturated carbocycles. The predicted octanol–water partition coefficient (Wildman–Crippen LogP) is 4.79. The minimum absolute atomic E-state index is 0.0644. The average Bonchev–Trinajstić information content (AvgIpc) is 3.03. The van der Waals surface area contributed by atoms with Crippen LogP contribution in [-0.2, 0) is 11.2 Å². The Hall–Kier alpha value is -1.95. The largest absolute Gasteiger partial charge is 0.309 e. The number of aryl methyl sites for hydroxylation is 1. The fourth-order valence-corrected chi connectivity index (χ4v) is 4.29. The summed E-state index contributed by atoms with van der Waals surface area (Å²) in [6, 6.07) is 13.8. The second-order valence-electron chi connectivity index (χ2n) is 6.95. The Bertz CT molecular complexity index is 938. The van der Waals surface area contributed by atoms with Crippen molar-refractivity contribution in [1.82, 2.24) is 9.88 Å². The van der Waals surface area contributed by atoms with Crippen LogP contribution in [0, 0.1) is 6.92 Å². The van der Waals surface area contributed by atoms with Gasteiger partial charge in [0.15, 0.2) is 5.13 Å². The van der Waals surface area contributed by atoms with Gasteiger partial charge in [-0.05, 0) is 51.7 Å².